The predicted molar refractivity (Wildman–Crippen MR) is 136 cm³/mol. The van der Waals surface area contributed by atoms with Crippen LogP contribution in [0.2, 0.25) is 0 Å². The van der Waals surface area contributed by atoms with Crippen LogP contribution >= 0.6 is 24.0 Å². The molecule has 1 atom stereocenters. The van der Waals surface area contributed by atoms with Gasteiger partial charge in [0.15, 0.2) is 5.96 Å². The molecule has 1 aromatic rings. The van der Waals surface area contributed by atoms with Crippen LogP contribution < -0.4 is 15.4 Å². The highest BCUT2D eigenvalue weighted by atomic mass is 127. The van der Waals surface area contributed by atoms with E-state index in [1.54, 1.807) is 14.2 Å². The second-order valence-corrected chi connectivity index (χ2v) is 7.59. The molecule has 6 nitrogen and oxygen atoms in total. The van der Waals surface area contributed by atoms with Gasteiger partial charge in [-0.25, -0.2) is 0 Å². The molecule has 1 aliphatic heterocycles. The summed E-state index contributed by atoms with van der Waals surface area (Å²) in [6, 6.07) is 8.78. The van der Waals surface area contributed by atoms with E-state index in [4.69, 9.17) is 14.5 Å². The normalized spacial score (nSPS) is 15.9. The quantitative estimate of drug-likeness (QED) is 0.183. The summed E-state index contributed by atoms with van der Waals surface area (Å²) in [5, 5.41) is 6.87. The number of unbranched alkanes of at least 4 members (excludes halogenated alkanes) is 2. The fourth-order valence-corrected chi connectivity index (χ4v) is 3.76. The molecule has 172 valence electrons. The van der Waals surface area contributed by atoms with E-state index in [0.29, 0.717) is 6.04 Å². The minimum absolute atomic E-state index is 0. The molecule has 1 aromatic carbocycles. The highest BCUT2D eigenvalue weighted by Gasteiger charge is 2.22. The molecule has 0 saturated carbocycles. The molecule has 7 heteroatoms. The van der Waals surface area contributed by atoms with Gasteiger partial charge in [0.05, 0.1) is 19.7 Å². The Morgan fingerprint density at radius 2 is 1.77 bits per heavy atom. The first-order valence-electron chi connectivity index (χ1n) is 11.2. The van der Waals surface area contributed by atoms with E-state index < -0.39 is 0 Å². The second kappa shape index (κ2) is 16.6. The molecular formula is C23H41IN4O2. The van der Waals surface area contributed by atoms with E-state index in [1.807, 2.05) is 0 Å². The van der Waals surface area contributed by atoms with Gasteiger partial charge in [-0.2, -0.15) is 0 Å². The molecule has 30 heavy (non-hydrogen) atoms. The van der Waals surface area contributed by atoms with Gasteiger partial charge in [-0.05, 0) is 69.8 Å². The molecule has 0 aromatic heterocycles. The lowest BCUT2D eigenvalue weighted by Gasteiger charge is -2.34. The van der Waals surface area contributed by atoms with Crippen LogP contribution in [0.4, 0.5) is 0 Å². The summed E-state index contributed by atoms with van der Waals surface area (Å²) in [6.45, 7) is 7.81. The lowest BCUT2D eigenvalue weighted by atomic mass is 10.0. The average Bonchev–Trinajstić information content (AvgIpc) is 2.77. The second-order valence-electron chi connectivity index (χ2n) is 7.59. The van der Waals surface area contributed by atoms with Crippen molar-refractivity contribution in [1.82, 2.24) is 15.5 Å². The molecule has 0 spiro atoms. The number of hydrogen-bond acceptors (Lipinski definition) is 4. The number of likely N-dealkylation sites (tertiary alicyclic amines) is 1. The third kappa shape index (κ3) is 9.83. The first-order chi connectivity index (χ1) is 14.3. The number of guanidine groups is 1. The number of piperidine rings is 1. The maximum Gasteiger partial charge on any atom is 0.191 e. The molecule has 1 heterocycles. The molecule has 1 fully saturated rings. The molecule has 1 unspecified atom stereocenters. The van der Waals surface area contributed by atoms with Gasteiger partial charge in [-0.15, -0.1) is 24.0 Å². The number of aliphatic imine (C=N–C) groups is 1. The highest BCUT2D eigenvalue weighted by molar-refractivity contribution is 14.0. The monoisotopic (exact) mass is 532 g/mol. The van der Waals surface area contributed by atoms with E-state index in [1.165, 1.54) is 31.2 Å². The SMILES string of the molecule is CCNC(=NCC(c1ccc(OC)cc1)N1CCCCC1)NCCCCCOC.I. The average molecular weight is 533 g/mol. The Labute approximate surface area is 200 Å². The predicted octanol–water partition coefficient (Wildman–Crippen LogP) is 4.21. The summed E-state index contributed by atoms with van der Waals surface area (Å²) in [4.78, 5) is 7.53. The van der Waals surface area contributed by atoms with Crippen molar-refractivity contribution in [2.45, 2.75) is 51.5 Å². The number of halogens is 1. The summed E-state index contributed by atoms with van der Waals surface area (Å²) in [5.41, 5.74) is 1.31. The molecular weight excluding hydrogens is 491 g/mol. The summed E-state index contributed by atoms with van der Waals surface area (Å²) in [6.07, 6.45) is 7.29. The Morgan fingerprint density at radius 3 is 2.40 bits per heavy atom. The van der Waals surface area contributed by atoms with Gasteiger partial charge in [-0.3, -0.25) is 9.89 Å². The van der Waals surface area contributed by atoms with Crippen molar-refractivity contribution in [2.75, 3.05) is 53.6 Å². The molecule has 2 rings (SSSR count). The van der Waals surface area contributed by atoms with Crippen LogP contribution in [0.15, 0.2) is 29.3 Å². The van der Waals surface area contributed by atoms with Gasteiger partial charge in [-0.1, -0.05) is 18.6 Å². The topological polar surface area (TPSA) is 58.1 Å². The first kappa shape index (κ1) is 27.0. The maximum atomic E-state index is 5.33. The van der Waals surface area contributed by atoms with Gasteiger partial charge in [0.1, 0.15) is 5.75 Å². The smallest absolute Gasteiger partial charge is 0.191 e. The third-order valence-corrected chi connectivity index (χ3v) is 5.42. The van der Waals surface area contributed by atoms with E-state index in [9.17, 15) is 0 Å². The summed E-state index contributed by atoms with van der Waals surface area (Å²) < 4.78 is 10.5. The minimum Gasteiger partial charge on any atom is -0.497 e. The Morgan fingerprint density at radius 1 is 1.03 bits per heavy atom. The van der Waals surface area contributed by atoms with Gasteiger partial charge in [0.25, 0.3) is 0 Å². The zero-order valence-corrected chi connectivity index (χ0v) is 21.3. The molecule has 0 radical (unpaired) electrons. The first-order valence-corrected chi connectivity index (χ1v) is 11.2. The number of nitrogens with one attached hydrogen (secondary N) is 2. The minimum atomic E-state index is 0. The van der Waals surface area contributed by atoms with Crippen molar-refractivity contribution in [3.63, 3.8) is 0 Å². The van der Waals surface area contributed by atoms with Crippen LogP contribution in [-0.2, 0) is 4.74 Å². The van der Waals surface area contributed by atoms with Gasteiger partial charge in [0.2, 0.25) is 0 Å². The third-order valence-electron chi connectivity index (χ3n) is 5.42. The fraction of sp³-hybridized carbons (Fsp3) is 0.696. The van der Waals surface area contributed by atoms with Crippen molar-refractivity contribution in [1.29, 1.82) is 0 Å². The van der Waals surface area contributed by atoms with E-state index in [0.717, 1.165) is 63.9 Å². The Kier molecular flexibility index (Phi) is 14.9. The molecule has 0 bridgehead atoms. The number of rotatable bonds is 12. The highest BCUT2D eigenvalue weighted by Crippen LogP contribution is 2.26. The van der Waals surface area contributed by atoms with Crippen molar-refractivity contribution in [2.24, 2.45) is 4.99 Å². The van der Waals surface area contributed by atoms with Crippen LogP contribution in [0.5, 0.6) is 5.75 Å². The van der Waals surface area contributed by atoms with Gasteiger partial charge < -0.3 is 20.1 Å². The van der Waals surface area contributed by atoms with Crippen molar-refractivity contribution >= 4 is 29.9 Å². The van der Waals surface area contributed by atoms with Crippen molar-refractivity contribution in [3.05, 3.63) is 29.8 Å². The number of hydrogen-bond donors (Lipinski definition) is 2. The number of ether oxygens (including phenoxy) is 2. The van der Waals surface area contributed by atoms with Crippen LogP contribution in [0.1, 0.15) is 57.1 Å². The van der Waals surface area contributed by atoms with E-state index in [-0.39, 0.29) is 24.0 Å². The molecule has 0 amide bonds. The van der Waals surface area contributed by atoms with Crippen molar-refractivity contribution in [3.8, 4) is 5.75 Å². The number of benzene rings is 1. The molecule has 2 N–H and O–H groups in total. The maximum absolute atomic E-state index is 5.33. The summed E-state index contributed by atoms with van der Waals surface area (Å²) in [5.74, 6) is 1.81. The number of methoxy groups -OCH3 is 2. The van der Waals surface area contributed by atoms with Crippen LogP contribution in [0.3, 0.4) is 0 Å². The largest absolute Gasteiger partial charge is 0.497 e. The molecule has 1 aliphatic rings. The Hall–Kier alpha value is -1.06. The summed E-state index contributed by atoms with van der Waals surface area (Å²) in [7, 11) is 3.47. The van der Waals surface area contributed by atoms with Crippen LogP contribution in [0, 0.1) is 0 Å². The Bertz CT molecular complexity index is 577. The van der Waals surface area contributed by atoms with E-state index in [2.05, 4.69) is 46.7 Å². The van der Waals surface area contributed by atoms with Gasteiger partial charge in [0, 0.05) is 26.8 Å². The Balaban J connectivity index is 0.00000450. The zero-order chi connectivity index (χ0) is 20.7. The van der Waals surface area contributed by atoms with Crippen molar-refractivity contribution < 1.29 is 9.47 Å². The standard InChI is InChI=1S/C23H40N4O2.HI/c1-4-24-23(25-15-7-5-10-18-28-2)26-19-22(27-16-8-6-9-17-27)20-11-13-21(29-3)14-12-20;/h11-14,22H,4-10,15-19H2,1-3H3,(H2,24,25,26);1H. The molecule has 0 aliphatic carbocycles. The lowest BCUT2D eigenvalue weighted by molar-refractivity contribution is 0.167. The van der Waals surface area contributed by atoms with Crippen LogP contribution in [-0.4, -0.2) is 64.4 Å². The van der Waals surface area contributed by atoms with E-state index >= 15 is 0 Å². The fourth-order valence-electron chi connectivity index (χ4n) is 3.76. The number of nitrogens with zero attached hydrogens (tertiary/aromatic N) is 2. The van der Waals surface area contributed by atoms with Gasteiger partial charge >= 0.3 is 0 Å². The zero-order valence-electron chi connectivity index (χ0n) is 19.0. The van der Waals surface area contributed by atoms with Crippen LogP contribution in [0.25, 0.3) is 0 Å². The molecule has 1 saturated heterocycles. The lowest BCUT2D eigenvalue weighted by Crippen LogP contribution is -2.40. The summed E-state index contributed by atoms with van der Waals surface area (Å²) >= 11 is 0.